The smallest absolute Gasteiger partial charge is 0.243 e. The molecule has 0 saturated carbocycles. The molecule has 0 fully saturated rings. The molecule has 0 aromatic heterocycles. The summed E-state index contributed by atoms with van der Waals surface area (Å²) in [6.45, 7) is 3.93. The molecule has 0 aliphatic heterocycles. The first kappa shape index (κ1) is 19.2. The molecule has 0 radical (unpaired) electrons. The zero-order chi connectivity index (χ0) is 18.2. The lowest BCUT2D eigenvalue weighted by atomic mass is 9.94. The van der Waals surface area contributed by atoms with Crippen molar-refractivity contribution in [3.8, 4) is 0 Å². The molecule has 2 amide bonds. The lowest BCUT2D eigenvalue weighted by Gasteiger charge is -2.16. The average Bonchev–Trinajstić information content (AvgIpc) is 2.61. The van der Waals surface area contributed by atoms with E-state index in [9.17, 15) is 9.59 Å². The number of hydrogen-bond donors (Lipinski definition) is 2. The van der Waals surface area contributed by atoms with Crippen molar-refractivity contribution in [2.45, 2.75) is 32.6 Å². The van der Waals surface area contributed by atoms with E-state index in [-0.39, 0.29) is 24.3 Å². The summed E-state index contributed by atoms with van der Waals surface area (Å²) in [6, 6.07) is 15.3. The molecule has 25 heavy (non-hydrogen) atoms. The molecule has 0 bridgehead atoms. The van der Waals surface area contributed by atoms with Gasteiger partial charge in [0.25, 0.3) is 0 Å². The third-order valence-electron chi connectivity index (χ3n) is 3.98. The second kappa shape index (κ2) is 9.37. The maximum atomic E-state index is 12.5. The molecule has 0 saturated heterocycles. The van der Waals surface area contributed by atoms with Crippen LogP contribution < -0.4 is 10.6 Å². The van der Waals surface area contributed by atoms with Crippen LogP contribution in [-0.2, 0) is 9.59 Å². The fraction of sp³-hybridized carbons (Fsp3) is 0.300. The van der Waals surface area contributed by atoms with Crippen LogP contribution in [-0.4, -0.2) is 18.4 Å². The van der Waals surface area contributed by atoms with Crippen LogP contribution in [0, 0.1) is 6.92 Å². The van der Waals surface area contributed by atoms with E-state index in [0.29, 0.717) is 0 Å². The first-order chi connectivity index (χ1) is 12.0. The van der Waals surface area contributed by atoms with Crippen molar-refractivity contribution in [1.82, 2.24) is 5.32 Å². The number of nitrogens with one attached hydrogen (secondary N) is 2. The van der Waals surface area contributed by atoms with Gasteiger partial charge in [0, 0.05) is 10.2 Å². The summed E-state index contributed by atoms with van der Waals surface area (Å²) in [7, 11) is 0. The van der Waals surface area contributed by atoms with Crippen LogP contribution in [0.15, 0.2) is 53.0 Å². The van der Waals surface area contributed by atoms with Gasteiger partial charge in [0.05, 0.1) is 12.5 Å². The molecular weight excluding hydrogens is 380 g/mol. The van der Waals surface area contributed by atoms with Gasteiger partial charge in [0.2, 0.25) is 11.8 Å². The van der Waals surface area contributed by atoms with Crippen LogP contribution >= 0.6 is 15.9 Å². The topological polar surface area (TPSA) is 58.2 Å². The first-order valence-corrected chi connectivity index (χ1v) is 9.19. The van der Waals surface area contributed by atoms with Crippen LogP contribution in [0.2, 0.25) is 0 Å². The van der Waals surface area contributed by atoms with Crippen LogP contribution in [0.1, 0.15) is 36.8 Å². The Labute approximate surface area is 157 Å². The van der Waals surface area contributed by atoms with Crippen LogP contribution in [0.25, 0.3) is 0 Å². The number of rotatable bonds is 7. The molecule has 132 valence electrons. The van der Waals surface area contributed by atoms with Crippen molar-refractivity contribution in [2.24, 2.45) is 0 Å². The normalized spacial score (nSPS) is 11.6. The highest BCUT2D eigenvalue weighted by atomic mass is 79.9. The van der Waals surface area contributed by atoms with E-state index >= 15 is 0 Å². The SMILES string of the molecule is CCCC(C(=O)NCC(=O)Nc1ccc(Br)cc1C)c1ccccc1. The molecule has 0 spiro atoms. The number of carbonyl (C=O) groups is 2. The minimum atomic E-state index is -0.234. The summed E-state index contributed by atoms with van der Waals surface area (Å²) >= 11 is 3.40. The number of anilines is 1. The Hall–Kier alpha value is -2.14. The van der Waals surface area contributed by atoms with Gasteiger partial charge < -0.3 is 10.6 Å². The van der Waals surface area contributed by atoms with Gasteiger partial charge >= 0.3 is 0 Å². The average molecular weight is 403 g/mol. The number of hydrogen-bond acceptors (Lipinski definition) is 2. The molecule has 4 nitrogen and oxygen atoms in total. The molecule has 1 atom stereocenters. The fourth-order valence-corrected chi connectivity index (χ4v) is 3.15. The van der Waals surface area contributed by atoms with Gasteiger partial charge in [-0.3, -0.25) is 9.59 Å². The zero-order valence-corrected chi connectivity index (χ0v) is 16.1. The highest BCUT2D eigenvalue weighted by molar-refractivity contribution is 9.10. The molecule has 0 aliphatic carbocycles. The second-order valence-corrected chi connectivity index (χ2v) is 6.89. The standard InChI is InChI=1S/C20H23BrN2O2/c1-3-7-17(15-8-5-4-6-9-15)20(25)22-13-19(24)23-18-11-10-16(21)12-14(18)2/h4-6,8-12,17H,3,7,13H2,1-2H3,(H,22,25)(H,23,24). The third kappa shape index (κ3) is 5.71. The van der Waals surface area contributed by atoms with Crippen molar-refractivity contribution < 1.29 is 9.59 Å². The first-order valence-electron chi connectivity index (χ1n) is 8.40. The van der Waals surface area contributed by atoms with Gasteiger partial charge in [-0.2, -0.15) is 0 Å². The second-order valence-electron chi connectivity index (χ2n) is 5.98. The maximum Gasteiger partial charge on any atom is 0.243 e. The Morgan fingerprint density at radius 3 is 2.48 bits per heavy atom. The summed E-state index contributed by atoms with van der Waals surface area (Å²) in [5.41, 5.74) is 2.68. The minimum Gasteiger partial charge on any atom is -0.346 e. The third-order valence-corrected chi connectivity index (χ3v) is 4.47. The summed E-state index contributed by atoms with van der Waals surface area (Å²) in [4.78, 5) is 24.6. The van der Waals surface area contributed by atoms with E-state index < -0.39 is 0 Å². The Balaban J connectivity index is 1.94. The van der Waals surface area contributed by atoms with Crippen LogP contribution in [0.5, 0.6) is 0 Å². The van der Waals surface area contributed by atoms with Crippen molar-refractivity contribution in [1.29, 1.82) is 0 Å². The molecule has 2 N–H and O–H groups in total. The van der Waals surface area contributed by atoms with E-state index in [0.717, 1.165) is 34.1 Å². The maximum absolute atomic E-state index is 12.5. The monoisotopic (exact) mass is 402 g/mol. The lowest BCUT2D eigenvalue weighted by molar-refractivity contribution is -0.125. The predicted molar refractivity (Wildman–Crippen MR) is 105 cm³/mol. The molecule has 2 rings (SSSR count). The molecule has 2 aromatic rings. The highest BCUT2D eigenvalue weighted by Crippen LogP contribution is 2.22. The molecule has 0 heterocycles. The Bertz CT molecular complexity index is 732. The predicted octanol–water partition coefficient (Wildman–Crippen LogP) is 4.40. The van der Waals surface area contributed by atoms with Gasteiger partial charge in [0.15, 0.2) is 0 Å². The Morgan fingerprint density at radius 2 is 1.84 bits per heavy atom. The largest absolute Gasteiger partial charge is 0.346 e. The minimum absolute atomic E-state index is 0.0403. The van der Waals surface area contributed by atoms with Gasteiger partial charge in [-0.1, -0.05) is 59.6 Å². The van der Waals surface area contributed by atoms with Crippen LogP contribution in [0.4, 0.5) is 5.69 Å². The van der Waals surface area contributed by atoms with Gasteiger partial charge in [0.1, 0.15) is 0 Å². The van der Waals surface area contributed by atoms with E-state index in [1.54, 1.807) is 0 Å². The number of carbonyl (C=O) groups excluding carboxylic acids is 2. The van der Waals surface area contributed by atoms with E-state index in [1.165, 1.54) is 0 Å². The number of benzene rings is 2. The lowest BCUT2D eigenvalue weighted by Crippen LogP contribution is -2.36. The van der Waals surface area contributed by atoms with E-state index in [2.05, 4.69) is 26.6 Å². The van der Waals surface area contributed by atoms with E-state index in [1.807, 2.05) is 62.4 Å². The van der Waals surface area contributed by atoms with Crippen molar-refractivity contribution in [3.05, 3.63) is 64.1 Å². The van der Waals surface area contributed by atoms with Crippen molar-refractivity contribution >= 4 is 33.4 Å². The Kier molecular flexibility index (Phi) is 7.19. The van der Waals surface area contributed by atoms with Gasteiger partial charge in [-0.05, 0) is 42.7 Å². The summed E-state index contributed by atoms with van der Waals surface area (Å²) < 4.78 is 0.960. The summed E-state index contributed by atoms with van der Waals surface area (Å²) in [5.74, 6) is -0.578. The fourth-order valence-electron chi connectivity index (χ4n) is 2.68. The molecular formula is C20H23BrN2O2. The summed E-state index contributed by atoms with van der Waals surface area (Å²) in [6.07, 6.45) is 1.65. The van der Waals surface area contributed by atoms with Crippen molar-refractivity contribution in [3.63, 3.8) is 0 Å². The molecule has 2 aromatic carbocycles. The molecule has 1 unspecified atom stereocenters. The zero-order valence-electron chi connectivity index (χ0n) is 14.5. The van der Waals surface area contributed by atoms with Crippen molar-refractivity contribution in [2.75, 3.05) is 11.9 Å². The van der Waals surface area contributed by atoms with Crippen LogP contribution in [0.3, 0.4) is 0 Å². The highest BCUT2D eigenvalue weighted by Gasteiger charge is 2.20. The van der Waals surface area contributed by atoms with Gasteiger partial charge in [-0.15, -0.1) is 0 Å². The molecule has 5 heteroatoms. The number of halogens is 1. The number of aryl methyl sites for hydroxylation is 1. The molecule has 0 aliphatic rings. The quantitative estimate of drug-likeness (QED) is 0.720. The number of amides is 2. The summed E-state index contributed by atoms with van der Waals surface area (Å²) in [5, 5.41) is 5.59. The Morgan fingerprint density at radius 1 is 1.12 bits per heavy atom. The van der Waals surface area contributed by atoms with Gasteiger partial charge in [-0.25, -0.2) is 0 Å². The van der Waals surface area contributed by atoms with E-state index in [4.69, 9.17) is 0 Å².